The highest BCUT2D eigenvalue weighted by atomic mass is 35.5. The first-order chi connectivity index (χ1) is 12.1. The second kappa shape index (κ2) is 10.0. The van der Waals surface area contributed by atoms with E-state index in [1.165, 1.54) is 6.08 Å². The summed E-state index contributed by atoms with van der Waals surface area (Å²) in [5.41, 5.74) is 0.745. The van der Waals surface area contributed by atoms with Crippen molar-refractivity contribution in [1.29, 1.82) is 0 Å². The quantitative estimate of drug-likeness (QED) is 0.288. The fourth-order valence-corrected chi connectivity index (χ4v) is 2.87. The van der Waals surface area contributed by atoms with Gasteiger partial charge in [-0.25, -0.2) is 4.79 Å². The van der Waals surface area contributed by atoms with E-state index in [-0.39, 0.29) is 0 Å². The van der Waals surface area contributed by atoms with Gasteiger partial charge in [0.2, 0.25) is 0 Å². The lowest BCUT2D eigenvalue weighted by molar-refractivity contribution is -0.137. The Morgan fingerprint density at radius 3 is 2.56 bits per heavy atom. The minimum atomic E-state index is -0.401. The third-order valence-corrected chi connectivity index (χ3v) is 4.47. The van der Waals surface area contributed by atoms with Gasteiger partial charge in [-0.15, -0.1) is 11.8 Å². The highest BCUT2D eigenvalue weighted by molar-refractivity contribution is 7.99. The van der Waals surface area contributed by atoms with Gasteiger partial charge in [0.05, 0.1) is 14.2 Å². The van der Waals surface area contributed by atoms with Gasteiger partial charge in [-0.3, -0.25) is 0 Å². The molecule has 2 rings (SSSR count). The average molecular weight is 379 g/mol. The molecule has 0 aromatic heterocycles. The van der Waals surface area contributed by atoms with Crippen molar-refractivity contribution >= 4 is 35.4 Å². The highest BCUT2D eigenvalue weighted by Gasteiger charge is 2.04. The maximum atomic E-state index is 11.8. The van der Waals surface area contributed by atoms with Crippen molar-refractivity contribution in [3.8, 4) is 11.5 Å². The Kier molecular flexibility index (Phi) is 7.70. The van der Waals surface area contributed by atoms with Crippen molar-refractivity contribution in [2.45, 2.75) is 4.90 Å². The van der Waals surface area contributed by atoms with E-state index in [2.05, 4.69) is 0 Å². The largest absolute Gasteiger partial charge is 0.497 e. The second-order valence-corrected chi connectivity index (χ2v) is 6.52. The number of carbonyl (C=O) groups excluding carboxylic acids is 1. The summed E-state index contributed by atoms with van der Waals surface area (Å²) in [4.78, 5) is 12.9. The van der Waals surface area contributed by atoms with Crippen LogP contribution in [0.4, 0.5) is 0 Å². The average Bonchev–Trinajstić information content (AvgIpc) is 2.64. The van der Waals surface area contributed by atoms with Crippen LogP contribution in [0.25, 0.3) is 6.08 Å². The van der Waals surface area contributed by atoms with Crippen molar-refractivity contribution < 1.29 is 19.0 Å². The summed E-state index contributed by atoms with van der Waals surface area (Å²) >= 11 is 7.44. The zero-order chi connectivity index (χ0) is 18.1. The Morgan fingerprint density at radius 2 is 1.88 bits per heavy atom. The fraction of sp³-hybridized carbons (Fsp3) is 0.211. The lowest BCUT2D eigenvalue weighted by Crippen LogP contribution is -2.04. The normalized spacial score (nSPS) is 10.7. The molecule has 0 bridgehead atoms. The number of rotatable bonds is 8. The van der Waals surface area contributed by atoms with Crippen molar-refractivity contribution in [3.63, 3.8) is 0 Å². The number of thioether (sulfide) groups is 1. The number of hydrogen-bond donors (Lipinski definition) is 0. The van der Waals surface area contributed by atoms with E-state index in [0.717, 1.165) is 10.5 Å². The number of benzene rings is 2. The van der Waals surface area contributed by atoms with E-state index in [4.69, 9.17) is 25.8 Å². The molecule has 0 N–H and O–H groups in total. The first-order valence-corrected chi connectivity index (χ1v) is 8.94. The van der Waals surface area contributed by atoms with Crippen molar-refractivity contribution in [2.75, 3.05) is 26.6 Å². The zero-order valence-electron chi connectivity index (χ0n) is 14.0. The van der Waals surface area contributed by atoms with E-state index in [0.29, 0.717) is 28.9 Å². The molecule has 2 aromatic carbocycles. The van der Waals surface area contributed by atoms with Gasteiger partial charge >= 0.3 is 5.97 Å². The topological polar surface area (TPSA) is 44.8 Å². The zero-order valence-corrected chi connectivity index (χ0v) is 15.6. The Balaban J connectivity index is 1.81. The number of esters is 1. The fourth-order valence-electron chi connectivity index (χ4n) is 2.01. The van der Waals surface area contributed by atoms with E-state index in [1.54, 1.807) is 50.3 Å². The summed E-state index contributed by atoms with van der Waals surface area (Å²) in [6.45, 7) is 0.325. The molecule has 0 spiro atoms. The van der Waals surface area contributed by atoms with Crippen LogP contribution >= 0.6 is 23.4 Å². The molecule has 0 saturated heterocycles. The van der Waals surface area contributed by atoms with Crippen LogP contribution in [0, 0.1) is 0 Å². The van der Waals surface area contributed by atoms with Gasteiger partial charge in [-0.2, -0.15) is 0 Å². The summed E-state index contributed by atoms with van der Waals surface area (Å²) in [6, 6.07) is 12.9. The molecule has 0 atom stereocenters. The molecule has 0 fully saturated rings. The number of methoxy groups -OCH3 is 2. The molecule has 0 amide bonds. The Labute approximate surface area is 156 Å². The van der Waals surface area contributed by atoms with Gasteiger partial charge in [0.15, 0.2) is 0 Å². The van der Waals surface area contributed by atoms with E-state index < -0.39 is 5.97 Å². The summed E-state index contributed by atoms with van der Waals surface area (Å²) in [5, 5.41) is 0.703. The molecule has 0 heterocycles. The lowest BCUT2D eigenvalue weighted by atomic mass is 10.1. The summed E-state index contributed by atoms with van der Waals surface area (Å²) in [6.07, 6.45) is 3.03. The maximum absolute atomic E-state index is 11.8. The van der Waals surface area contributed by atoms with Gasteiger partial charge in [-0.1, -0.05) is 11.6 Å². The molecule has 0 radical (unpaired) electrons. The number of hydrogen-bond acceptors (Lipinski definition) is 5. The minimum absolute atomic E-state index is 0.325. The molecule has 25 heavy (non-hydrogen) atoms. The first-order valence-electron chi connectivity index (χ1n) is 7.57. The van der Waals surface area contributed by atoms with E-state index in [9.17, 15) is 4.79 Å². The summed E-state index contributed by atoms with van der Waals surface area (Å²) in [5.74, 6) is 1.61. The van der Waals surface area contributed by atoms with Crippen LogP contribution in [0.5, 0.6) is 11.5 Å². The number of carbonyl (C=O) groups is 1. The van der Waals surface area contributed by atoms with Gasteiger partial charge in [0.1, 0.15) is 18.1 Å². The molecule has 0 aliphatic rings. The van der Waals surface area contributed by atoms with E-state index >= 15 is 0 Å². The molecule has 6 heteroatoms. The third kappa shape index (κ3) is 6.36. The van der Waals surface area contributed by atoms with Crippen LogP contribution in [0.2, 0.25) is 5.02 Å². The first kappa shape index (κ1) is 19.2. The molecule has 2 aromatic rings. The van der Waals surface area contributed by atoms with E-state index in [1.807, 2.05) is 24.3 Å². The second-order valence-electron chi connectivity index (χ2n) is 4.91. The number of ether oxygens (including phenoxy) is 3. The molecule has 0 unspecified atom stereocenters. The van der Waals surface area contributed by atoms with Crippen LogP contribution < -0.4 is 9.47 Å². The summed E-state index contributed by atoms with van der Waals surface area (Å²) in [7, 11) is 3.16. The van der Waals surface area contributed by atoms with Gasteiger partial charge in [-0.05, 0) is 48.5 Å². The lowest BCUT2D eigenvalue weighted by Gasteiger charge is -2.07. The van der Waals surface area contributed by atoms with Gasteiger partial charge < -0.3 is 14.2 Å². The Morgan fingerprint density at radius 1 is 1.12 bits per heavy atom. The van der Waals surface area contributed by atoms with Crippen molar-refractivity contribution in [1.82, 2.24) is 0 Å². The minimum Gasteiger partial charge on any atom is -0.497 e. The van der Waals surface area contributed by atoms with Crippen molar-refractivity contribution in [2.24, 2.45) is 0 Å². The highest BCUT2D eigenvalue weighted by Crippen LogP contribution is 2.25. The SMILES string of the molecule is COc1ccc(OC)c(/C=C/C(=O)OCCSc2ccc(Cl)cc2)c1. The molecule has 0 aliphatic heterocycles. The van der Waals surface area contributed by atoms with Crippen LogP contribution in [-0.2, 0) is 9.53 Å². The van der Waals surface area contributed by atoms with Gasteiger partial charge in [0.25, 0.3) is 0 Å². The molecule has 4 nitrogen and oxygen atoms in total. The predicted octanol–water partition coefficient (Wildman–Crippen LogP) is 4.71. The molecular formula is C19H19ClO4S. The standard InChI is InChI=1S/C19H19ClO4S/c1-22-16-6-9-18(23-2)14(13-16)3-10-19(21)24-11-12-25-17-7-4-15(20)5-8-17/h3-10,13H,11-12H2,1-2H3/b10-3+. The molecule has 0 saturated carbocycles. The van der Waals surface area contributed by atoms with Gasteiger partial charge in [0, 0.05) is 27.3 Å². The van der Waals surface area contributed by atoms with Crippen LogP contribution in [0.15, 0.2) is 53.4 Å². The summed E-state index contributed by atoms with van der Waals surface area (Å²) < 4.78 is 15.6. The molecule has 132 valence electrons. The molecule has 0 aliphatic carbocycles. The Hall–Kier alpha value is -2.11. The van der Waals surface area contributed by atoms with Crippen LogP contribution in [-0.4, -0.2) is 32.5 Å². The number of halogens is 1. The molecular weight excluding hydrogens is 360 g/mol. The Bertz CT molecular complexity index is 729. The maximum Gasteiger partial charge on any atom is 0.330 e. The van der Waals surface area contributed by atoms with Crippen LogP contribution in [0.3, 0.4) is 0 Å². The monoisotopic (exact) mass is 378 g/mol. The predicted molar refractivity (Wildman–Crippen MR) is 102 cm³/mol. The smallest absolute Gasteiger partial charge is 0.330 e. The third-order valence-electron chi connectivity index (χ3n) is 3.25. The van der Waals surface area contributed by atoms with Crippen molar-refractivity contribution in [3.05, 3.63) is 59.1 Å². The van der Waals surface area contributed by atoms with Crippen LogP contribution in [0.1, 0.15) is 5.56 Å².